The quantitative estimate of drug-likeness (QED) is 0.536. The molecule has 0 unspecified atom stereocenters. The molecule has 0 amide bonds. The van der Waals surface area contributed by atoms with Gasteiger partial charge in [0.05, 0.1) is 0 Å². The van der Waals surface area contributed by atoms with Crippen LogP contribution in [0.2, 0.25) is 0 Å². The molecule has 1 aliphatic heterocycles. The van der Waals surface area contributed by atoms with E-state index in [9.17, 15) is 4.79 Å². The number of fused-ring (bicyclic) bond motifs is 2. The van der Waals surface area contributed by atoms with Gasteiger partial charge in [0.15, 0.2) is 5.78 Å². The second-order valence-corrected chi connectivity index (χ2v) is 9.79. The number of carbonyl (C=O) groups is 1. The van der Waals surface area contributed by atoms with Crippen LogP contribution in [0.5, 0.6) is 0 Å². The van der Waals surface area contributed by atoms with Gasteiger partial charge in [-0.25, -0.2) is 9.97 Å². The summed E-state index contributed by atoms with van der Waals surface area (Å²) in [4.78, 5) is 24.5. The summed E-state index contributed by atoms with van der Waals surface area (Å²) in [5, 5.41) is 3.48. The maximum Gasteiger partial charge on any atom is 0.189 e. The molecule has 2 aromatic carbocycles. The Morgan fingerprint density at radius 3 is 2.74 bits per heavy atom. The molecule has 1 fully saturated rings. The molecule has 1 N–H and O–H groups in total. The molecule has 0 saturated carbocycles. The molecule has 6 rings (SSSR count). The molecule has 1 saturated heterocycles. The van der Waals surface area contributed by atoms with E-state index in [-0.39, 0.29) is 5.78 Å². The summed E-state index contributed by atoms with van der Waals surface area (Å²) in [6.45, 7) is 3.18. The smallest absolute Gasteiger partial charge is 0.189 e. The number of rotatable bonds is 5. The number of hydrogen-bond acceptors (Lipinski definition) is 5. The molecule has 2 heterocycles. The maximum atomic E-state index is 13.1. The van der Waals surface area contributed by atoms with Gasteiger partial charge in [-0.2, -0.15) is 0 Å². The Labute approximate surface area is 200 Å². The van der Waals surface area contributed by atoms with E-state index in [0.717, 1.165) is 92.1 Å². The molecule has 0 atom stereocenters. The maximum absolute atomic E-state index is 13.1. The van der Waals surface area contributed by atoms with Crippen molar-refractivity contribution in [3.8, 4) is 0 Å². The average molecular weight is 451 g/mol. The number of nitrogens with one attached hydrogen (secondary N) is 1. The van der Waals surface area contributed by atoms with Crippen LogP contribution in [0, 0.1) is 5.92 Å². The van der Waals surface area contributed by atoms with E-state index >= 15 is 0 Å². The van der Waals surface area contributed by atoms with E-state index in [1.807, 2.05) is 12.1 Å². The summed E-state index contributed by atoms with van der Waals surface area (Å²) in [6, 6.07) is 16.8. The number of benzene rings is 2. The Morgan fingerprint density at radius 2 is 1.88 bits per heavy atom. The number of anilines is 2. The molecule has 0 radical (unpaired) electrons. The number of Topliss-reactive ketones (excluding diaryl/α,β-unsaturated/α-hetero) is 1. The van der Waals surface area contributed by atoms with Crippen LogP contribution in [-0.2, 0) is 25.8 Å². The van der Waals surface area contributed by atoms with E-state index < -0.39 is 0 Å². The Bertz CT molecular complexity index is 1240. The highest BCUT2D eigenvalue weighted by atomic mass is 16.1. The van der Waals surface area contributed by atoms with E-state index in [2.05, 4.69) is 62.7 Å². The molecule has 5 nitrogen and oxygen atoms in total. The number of allylic oxidation sites excluding steroid dienone is 2. The Kier molecular flexibility index (Phi) is 5.71. The summed E-state index contributed by atoms with van der Waals surface area (Å²) in [7, 11) is 0. The summed E-state index contributed by atoms with van der Waals surface area (Å²) in [5.41, 5.74) is 7.70. The Morgan fingerprint density at radius 1 is 1.03 bits per heavy atom. The highest BCUT2D eigenvalue weighted by Gasteiger charge is 2.27. The number of hydrogen-bond donors (Lipinski definition) is 1. The summed E-state index contributed by atoms with van der Waals surface area (Å²) in [6.07, 6.45) is 10.1. The summed E-state index contributed by atoms with van der Waals surface area (Å²) < 4.78 is 0. The van der Waals surface area contributed by atoms with Crippen LogP contribution in [0.1, 0.15) is 52.0 Å². The van der Waals surface area contributed by atoms with Gasteiger partial charge in [0.25, 0.3) is 0 Å². The highest BCUT2D eigenvalue weighted by molar-refractivity contribution is 6.13. The molecule has 172 valence electrons. The first kappa shape index (κ1) is 21.2. The molecule has 0 spiro atoms. The van der Waals surface area contributed by atoms with Crippen molar-refractivity contribution in [2.45, 2.75) is 45.1 Å². The van der Waals surface area contributed by atoms with Gasteiger partial charge >= 0.3 is 0 Å². The van der Waals surface area contributed by atoms with Gasteiger partial charge in [-0.1, -0.05) is 36.4 Å². The van der Waals surface area contributed by atoms with Gasteiger partial charge in [0, 0.05) is 41.0 Å². The van der Waals surface area contributed by atoms with Crippen molar-refractivity contribution in [2.75, 3.05) is 18.4 Å². The monoisotopic (exact) mass is 450 g/mol. The van der Waals surface area contributed by atoms with Crippen LogP contribution in [0.25, 0.3) is 0 Å². The number of carbonyl (C=O) groups excluding carboxylic acids is 1. The fraction of sp³-hybridized carbons (Fsp3) is 0.345. The number of aryl methyl sites for hydroxylation is 1. The minimum absolute atomic E-state index is 0.205. The van der Waals surface area contributed by atoms with Crippen molar-refractivity contribution < 1.29 is 4.79 Å². The van der Waals surface area contributed by atoms with Gasteiger partial charge < -0.3 is 5.32 Å². The van der Waals surface area contributed by atoms with Gasteiger partial charge in [-0.15, -0.1) is 0 Å². The number of likely N-dealkylation sites (tertiary alicyclic amines) is 1. The van der Waals surface area contributed by atoms with Crippen molar-refractivity contribution in [3.63, 3.8) is 0 Å². The predicted molar refractivity (Wildman–Crippen MR) is 134 cm³/mol. The van der Waals surface area contributed by atoms with Crippen LogP contribution in [0.4, 0.5) is 11.5 Å². The molecule has 1 aromatic heterocycles. The lowest BCUT2D eigenvalue weighted by molar-refractivity contribution is 0.103. The first-order chi connectivity index (χ1) is 16.7. The lowest BCUT2D eigenvalue weighted by Gasteiger charge is -2.30. The molecular formula is C29H30N4O. The SMILES string of the molecule is O=C1C(=CC2CCN(Cc3ccccc3)CC2)Cc2cc(Nc3ncnc4c3CCC4)ccc21. The number of piperidine rings is 1. The normalized spacial score (nSPS) is 19.4. The second kappa shape index (κ2) is 9.15. The average Bonchev–Trinajstić information content (AvgIpc) is 3.46. The first-order valence-corrected chi connectivity index (χ1v) is 12.5. The molecule has 3 aromatic rings. The Balaban J connectivity index is 1.11. The largest absolute Gasteiger partial charge is 0.340 e. The van der Waals surface area contributed by atoms with E-state index in [1.54, 1.807) is 6.33 Å². The van der Waals surface area contributed by atoms with Crippen molar-refractivity contribution in [1.29, 1.82) is 0 Å². The third-order valence-corrected chi connectivity index (χ3v) is 7.48. The first-order valence-electron chi connectivity index (χ1n) is 12.5. The lowest BCUT2D eigenvalue weighted by Crippen LogP contribution is -2.32. The number of aromatic nitrogens is 2. The standard InChI is InChI=1S/C29H30N4O/c34-28-23(15-20-11-13-33(14-12-20)18-21-5-2-1-3-6-21)16-22-17-24(9-10-25(22)28)32-29-26-7-4-8-27(26)30-19-31-29/h1-3,5-6,9-10,15,17,19-20H,4,7-8,11-14,16,18H2,(H,30,31,32). The third kappa shape index (κ3) is 4.28. The minimum Gasteiger partial charge on any atom is -0.340 e. The van der Waals surface area contributed by atoms with E-state index in [1.165, 1.54) is 11.1 Å². The minimum atomic E-state index is 0.205. The zero-order valence-corrected chi connectivity index (χ0v) is 19.5. The fourth-order valence-corrected chi connectivity index (χ4v) is 5.64. The lowest BCUT2D eigenvalue weighted by atomic mass is 9.93. The fourth-order valence-electron chi connectivity index (χ4n) is 5.64. The van der Waals surface area contributed by atoms with Crippen LogP contribution in [0.15, 0.2) is 66.5 Å². The number of nitrogens with zero attached hydrogens (tertiary/aromatic N) is 3. The molecule has 0 bridgehead atoms. The summed E-state index contributed by atoms with van der Waals surface area (Å²) >= 11 is 0. The topological polar surface area (TPSA) is 58.1 Å². The second-order valence-electron chi connectivity index (χ2n) is 9.79. The van der Waals surface area contributed by atoms with Gasteiger partial charge in [-0.3, -0.25) is 9.69 Å². The zero-order chi connectivity index (χ0) is 22.9. The van der Waals surface area contributed by atoms with Crippen molar-refractivity contribution >= 4 is 17.3 Å². The van der Waals surface area contributed by atoms with Crippen molar-refractivity contribution in [1.82, 2.24) is 14.9 Å². The van der Waals surface area contributed by atoms with E-state index in [4.69, 9.17) is 0 Å². The molecular weight excluding hydrogens is 420 g/mol. The molecule has 3 aliphatic rings. The van der Waals surface area contributed by atoms with Gasteiger partial charge in [-0.05, 0) is 80.4 Å². The van der Waals surface area contributed by atoms with Gasteiger partial charge in [0.2, 0.25) is 0 Å². The summed E-state index contributed by atoms with van der Waals surface area (Å²) in [5.74, 6) is 1.60. The van der Waals surface area contributed by atoms with Crippen LogP contribution in [0.3, 0.4) is 0 Å². The van der Waals surface area contributed by atoms with Crippen molar-refractivity contribution in [2.24, 2.45) is 5.92 Å². The molecule has 34 heavy (non-hydrogen) atoms. The molecule has 5 heteroatoms. The van der Waals surface area contributed by atoms with Gasteiger partial charge in [0.1, 0.15) is 12.1 Å². The molecule has 2 aliphatic carbocycles. The predicted octanol–water partition coefficient (Wildman–Crippen LogP) is 5.29. The zero-order valence-electron chi connectivity index (χ0n) is 19.5. The van der Waals surface area contributed by atoms with Crippen molar-refractivity contribution in [3.05, 3.63) is 94.5 Å². The van der Waals surface area contributed by atoms with Crippen LogP contribution < -0.4 is 5.32 Å². The van der Waals surface area contributed by atoms with Crippen LogP contribution in [-0.4, -0.2) is 33.7 Å². The van der Waals surface area contributed by atoms with E-state index in [0.29, 0.717) is 5.92 Å². The Hall–Kier alpha value is -3.31. The highest BCUT2D eigenvalue weighted by Crippen LogP contribution is 2.33. The van der Waals surface area contributed by atoms with Crippen LogP contribution >= 0.6 is 0 Å². The number of ketones is 1. The third-order valence-electron chi connectivity index (χ3n) is 7.48.